The summed E-state index contributed by atoms with van der Waals surface area (Å²) in [7, 11) is -1.40. The van der Waals surface area contributed by atoms with Gasteiger partial charge in [0.05, 0.1) is 12.4 Å². The van der Waals surface area contributed by atoms with Gasteiger partial charge in [0.25, 0.3) is 0 Å². The van der Waals surface area contributed by atoms with Gasteiger partial charge in [-0.1, -0.05) is 6.92 Å². The molecule has 1 heterocycles. The van der Waals surface area contributed by atoms with E-state index >= 15 is 0 Å². The molecule has 0 radical (unpaired) electrons. The molecule has 0 amide bonds. The van der Waals surface area contributed by atoms with Crippen LogP contribution in [0.4, 0.5) is 0 Å². The minimum Gasteiger partial charge on any atom is -0.383 e. The zero-order valence-electron chi connectivity index (χ0n) is 10.8. The maximum atomic E-state index is 11.7. The van der Waals surface area contributed by atoms with E-state index in [1.807, 2.05) is 6.92 Å². The van der Waals surface area contributed by atoms with E-state index < -0.39 is 10.0 Å². The van der Waals surface area contributed by atoms with Crippen LogP contribution < -0.4 is 4.72 Å². The lowest BCUT2D eigenvalue weighted by Gasteiger charge is -2.32. The molecule has 1 saturated heterocycles. The summed E-state index contributed by atoms with van der Waals surface area (Å²) in [6.07, 6.45) is 2.64. The van der Waals surface area contributed by atoms with E-state index in [1.165, 1.54) is 0 Å². The molecule has 1 aliphatic heterocycles. The van der Waals surface area contributed by atoms with Gasteiger partial charge in [0.15, 0.2) is 0 Å². The van der Waals surface area contributed by atoms with Crippen molar-refractivity contribution in [2.75, 3.05) is 39.1 Å². The number of nitrogens with zero attached hydrogens (tertiary/aromatic N) is 1. The number of nitrogens with one attached hydrogen (secondary N) is 1. The summed E-state index contributed by atoms with van der Waals surface area (Å²) in [4.78, 5) is 2.26. The highest BCUT2D eigenvalue weighted by Gasteiger charge is 2.23. The lowest BCUT2D eigenvalue weighted by molar-refractivity contribution is 0.126. The summed E-state index contributed by atoms with van der Waals surface area (Å²) in [5, 5.41) is 0. The van der Waals surface area contributed by atoms with Crippen molar-refractivity contribution in [3.8, 4) is 0 Å². The second-order valence-corrected chi connectivity index (χ2v) is 6.44. The van der Waals surface area contributed by atoms with Gasteiger partial charge in [-0.3, -0.25) is 4.90 Å². The first-order valence-electron chi connectivity index (χ1n) is 6.28. The Morgan fingerprint density at radius 3 is 2.88 bits per heavy atom. The average molecular weight is 264 g/mol. The summed E-state index contributed by atoms with van der Waals surface area (Å²) in [6, 6.07) is 0.0668. The van der Waals surface area contributed by atoms with E-state index in [-0.39, 0.29) is 11.8 Å². The second kappa shape index (κ2) is 7.31. The standard InChI is InChI=1S/C11H24N2O3S/c1-3-9-17(14,15)12-11-5-4-6-13(10-11)7-8-16-2/h11-12H,3-10H2,1-2H3. The Kier molecular flexibility index (Phi) is 6.40. The van der Waals surface area contributed by atoms with Gasteiger partial charge in [0.2, 0.25) is 10.0 Å². The monoisotopic (exact) mass is 264 g/mol. The predicted octanol–water partition coefficient (Wildman–Crippen LogP) is 0.427. The van der Waals surface area contributed by atoms with Gasteiger partial charge < -0.3 is 4.74 Å². The van der Waals surface area contributed by atoms with Crippen molar-refractivity contribution in [2.45, 2.75) is 32.2 Å². The third-order valence-electron chi connectivity index (χ3n) is 2.94. The van der Waals surface area contributed by atoms with Crippen LogP contribution in [0.2, 0.25) is 0 Å². The predicted molar refractivity (Wildman–Crippen MR) is 68.6 cm³/mol. The Morgan fingerprint density at radius 1 is 1.47 bits per heavy atom. The van der Waals surface area contributed by atoms with E-state index in [0.717, 1.165) is 32.5 Å². The molecule has 102 valence electrons. The average Bonchev–Trinajstić information content (AvgIpc) is 2.26. The molecule has 0 bridgehead atoms. The van der Waals surface area contributed by atoms with E-state index in [2.05, 4.69) is 9.62 Å². The highest BCUT2D eigenvalue weighted by atomic mass is 32.2. The number of hydrogen-bond donors (Lipinski definition) is 1. The highest BCUT2D eigenvalue weighted by molar-refractivity contribution is 7.89. The minimum absolute atomic E-state index is 0.0668. The number of rotatable bonds is 7. The summed E-state index contributed by atoms with van der Waals surface area (Å²) in [5.74, 6) is 0.224. The van der Waals surface area contributed by atoms with Gasteiger partial charge in [-0.25, -0.2) is 13.1 Å². The molecule has 1 atom stereocenters. The van der Waals surface area contributed by atoms with Crippen molar-refractivity contribution >= 4 is 10.0 Å². The molecule has 6 heteroatoms. The van der Waals surface area contributed by atoms with Crippen LogP contribution in [0.1, 0.15) is 26.2 Å². The zero-order valence-corrected chi connectivity index (χ0v) is 11.6. The molecule has 1 unspecified atom stereocenters. The molecular weight excluding hydrogens is 240 g/mol. The Bertz CT molecular complexity index is 306. The molecule has 1 N–H and O–H groups in total. The van der Waals surface area contributed by atoms with Crippen molar-refractivity contribution < 1.29 is 13.2 Å². The van der Waals surface area contributed by atoms with Crippen LogP contribution in [-0.4, -0.2) is 58.5 Å². The Labute approximate surface area is 105 Å². The maximum absolute atomic E-state index is 11.7. The first kappa shape index (κ1) is 14.9. The molecule has 5 nitrogen and oxygen atoms in total. The molecular formula is C11H24N2O3S. The highest BCUT2D eigenvalue weighted by Crippen LogP contribution is 2.10. The molecule has 0 aromatic heterocycles. The molecule has 17 heavy (non-hydrogen) atoms. The van der Waals surface area contributed by atoms with E-state index in [1.54, 1.807) is 7.11 Å². The largest absolute Gasteiger partial charge is 0.383 e. The summed E-state index contributed by atoms with van der Waals surface area (Å²) < 4.78 is 31.2. The number of ether oxygens (including phenoxy) is 1. The topological polar surface area (TPSA) is 58.6 Å². The van der Waals surface area contributed by atoms with E-state index in [4.69, 9.17) is 4.74 Å². The fourth-order valence-corrected chi connectivity index (χ4v) is 3.51. The first-order chi connectivity index (χ1) is 8.07. The van der Waals surface area contributed by atoms with Gasteiger partial charge in [-0.05, 0) is 25.8 Å². The molecule has 0 aromatic rings. The summed E-state index contributed by atoms with van der Waals surface area (Å²) in [5.41, 5.74) is 0. The number of hydrogen-bond acceptors (Lipinski definition) is 4. The lowest BCUT2D eigenvalue weighted by Crippen LogP contribution is -2.48. The van der Waals surface area contributed by atoms with Crippen LogP contribution in [0.5, 0.6) is 0 Å². The van der Waals surface area contributed by atoms with E-state index in [0.29, 0.717) is 13.0 Å². The normalized spacial score (nSPS) is 22.8. The quantitative estimate of drug-likeness (QED) is 0.724. The van der Waals surface area contributed by atoms with Gasteiger partial charge in [0.1, 0.15) is 0 Å². The van der Waals surface area contributed by atoms with E-state index in [9.17, 15) is 8.42 Å². The lowest BCUT2D eigenvalue weighted by atomic mass is 10.1. The third kappa shape index (κ3) is 5.81. The fraction of sp³-hybridized carbons (Fsp3) is 1.00. The summed E-state index contributed by atoms with van der Waals surface area (Å²) >= 11 is 0. The fourth-order valence-electron chi connectivity index (χ4n) is 2.16. The van der Waals surface area contributed by atoms with Crippen molar-refractivity contribution in [3.05, 3.63) is 0 Å². The molecule has 0 aromatic carbocycles. The Morgan fingerprint density at radius 2 is 2.24 bits per heavy atom. The first-order valence-corrected chi connectivity index (χ1v) is 7.94. The van der Waals surface area contributed by atoms with Crippen molar-refractivity contribution in [3.63, 3.8) is 0 Å². The smallest absolute Gasteiger partial charge is 0.211 e. The van der Waals surface area contributed by atoms with Crippen LogP contribution in [0.15, 0.2) is 0 Å². The molecule has 1 aliphatic rings. The molecule has 0 aliphatic carbocycles. The number of sulfonamides is 1. The van der Waals surface area contributed by atoms with Gasteiger partial charge in [0, 0.05) is 26.2 Å². The molecule has 1 rings (SSSR count). The number of methoxy groups -OCH3 is 1. The second-order valence-electron chi connectivity index (χ2n) is 4.57. The number of piperidine rings is 1. The van der Waals surface area contributed by atoms with Crippen LogP contribution in [0, 0.1) is 0 Å². The van der Waals surface area contributed by atoms with Crippen LogP contribution in [0.3, 0.4) is 0 Å². The van der Waals surface area contributed by atoms with Gasteiger partial charge >= 0.3 is 0 Å². The van der Waals surface area contributed by atoms with Crippen LogP contribution >= 0.6 is 0 Å². The summed E-state index contributed by atoms with van der Waals surface area (Å²) in [6.45, 7) is 5.30. The SMILES string of the molecule is CCCS(=O)(=O)NC1CCCN(CCOC)C1. The molecule has 1 fully saturated rings. The molecule has 0 spiro atoms. The molecule has 0 saturated carbocycles. The zero-order chi connectivity index (χ0) is 12.7. The van der Waals surface area contributed by atoms with Gasteiger partial charge in [-0.15, -0.1) is 0 Å². The van der Waals surface area contributed by atoms with Crippen molar-refractivity contribution in [1.29, 1.82) is 0 Å². The minimum atomic E-state index is -3.08. The Balaban J connectivity index is 2.39. The maximum Gasteiger partial charge on any atom is 0.211 e. The van der Waals surface area contributed by atoms with Crippen molar-refractivity contribution in [2.24, 2.45) is 0 Å². The Hall–Kier alpha value is -0.170. The van der Waals surface area contributed by atoms with Crippen LogP contribution in [-0.2, 0) is 14.8 Å². The van der Waals surface area contributed by atoms with Crippen molar-refractivity contribution in [1.82, 2.24) is 9.62 Å². The van der Waals surface area contributed by atoms with Gasteiger partial charge in [-0.2, -0.15) is 0 Å². The third-order valence-corrected chi connectivity index (χ3v) is 4.57. The van der Waals surface area contributed by atoms with Crippen LogP contribution in [0.25, 0.3) is 0 Å². The number of likely N-dealkylation sites (tertiary alicyclic amines) is 1.